The van der Waals surface area contributed by atoms with Crippen molar-refractivity contribution in [2.75, 3.05) is 0 Å². The van der Waals surface area contributed by atoms with Crippen LogP contribution in [0.5, 0.6) is 0 Å². The first-order valence-electron chi connectivity index (χ1n) is 6.30. The zero-order valence-electron chi connectivity index (χ0n) is 10.4. The summed E-state index contributed by atoms with van der Waals surface area (Å²) in [5.41, 5.74) is 2.16. The van der Waals surface area contributed by atoms with Gasteiger partial charge in [0.1, 0.15) is 5.78 Å². The molecule has 0 aliphatic heterocycles. The fraction of sp³-hybridized carbons (Fsp3) is 0.250. The van der Waals surface area contributed by atoms with Gasteiger partial charge in [-0.2, -0.15) is 0 Å². The zero-order valence-corrected chi connectivity index (χ0v) is 10.4. The Morgan fingerprint density at radius 1 is 1.00 bits per heavy atom. The normalized spacial score (nSPS) is 10.2. The Labute approximate surface area is 108 Å². The second-order valence-corrected chi connectivity index (χ2v) is 4.38. The summed E-state index contributed by atoms with van der Waals surface area (Å²) in [5, 5.41) is 0. The molecular formula is C16H17NO. The Balaban J connectivity index is 1.73. The third-order valence-corrected chi connectivity index (χ3v) is 2.87. The van der Waals surface area contributed by atoms with E-state index in [1.165, 1.54) is 5.56 Å². The molecule has 0 bridgehead atoms. The smallest absolute Gasteiger partial charge is 0.138 e. The molecule has 0 atom stereocenters. The van der Waals surface area contributed by atoms with E-state index in [1.54, 1.807) is 6.20 Å². The summed E-state index contributed by atoms with van der Waals surface area (Å²) in [4.78, 5) is 15.9. The van der Waals surface area contributed by atoms with Gasteiger partial charge in [-0.25, -0.2) is 0 Å². The van der Waals surface area contributed by atoms with Gasteiger partial charge in [-0.05, 0) is 30.5 Å². The standard InChI is InChI=1S/C16H17NO/c18-16(13-15-10-4-5-12-17-15)11-6-9-14-7-2-1-3-8-14/h1-5,7-8,10,12H,6,9,11,13H2. The Hall–Kier alpha value is -1.96. The SMILES string of the molecule is O=C(CCCc1ccccc1)Cc1ccccn1. The molecule has 92 valence electrons. The summed E-state index contributed by atoms with van der Waals surface area (Å²) >= 11 is 0. The number of carbonyl (C=O) groups is 1. The summed E-state index contributed by atoms with van der Waals surface area (Å²) in [7, 11) is 0. The molecule has 0 aliphatic rings. The minimum absolute atomic E-state index is 0.268. The van der Waals surface area contributed by atoms with Crippen molar-refractivity contribution in [2.24, 2.45) is 0 Å². The van der Waals surface area contributed by atoms with Crippen LogP contribution in [0.4, 0.5) is 0 Å². The summed E-state index contributed by atoms with van der Waals surface area (Å²) < 4.78 is 0. The number of nitrogens with zero attached hydrogens (tertiary/aromatic N) is 1. The molecule has 0 fully saturated rings. The quantitative estimate of drug-likeness (QED) is 0.774. The predicted molar refractivity (Wildman–Crippen MR) is 72.3 cm³/mol. The number of aryl methyl sites for hydroxylation is 1. The van der Waals surface area contributed by atoms with Crippen LogP contribution in [-0.2, 0) is 17.6 Å². The number of hydrogen-bond donors (Lipinski definition) is 0. The third kappa shape index (κ3) is 4.13. The van der Waals surface area contributed by atoms with Crippen LogP contribution < -0.4 is 0 Å². The molecule has 0 amide bonds. The monoisotopic (exact) mass is 239 g/mol. The van der Waals surface area contributed by atoms with Gasteiger partial charge in [0, 0.05) is 24.7 Å². The maximum Gasteiger partial charge on any atom is 0.138 e. The van der Waals surface area contributed by atoms with Crippen molar-refractivity contribution in [2.45, 2.75) is 25.7 Å². The highest BCUT2D eigenvalue weighted by Crippen LogP contribution is 2.06. The van der Waals surface area contributed by atoms with Crippen molar-refractivity contribution in [3.8, 4) is 0 Å². The molecule has 0 radical (unpaired) electrons. The van der Waals surface area contributed by atoms with Gasteiger partial charge in [-0.3, -0.25) is 9.78 Å². The van der Waals surface area contributed by atoms with Crippen LogP contribution >= 0.6 is 0 Å². The van der Waals surface area contributed by atoms with Crippen molar-refractivity contribution in [1.82, 2.24) is 4.98 Å². The van der Waals surface area contributed by atoms with Gasteiger partial charge < -0.3 is 0 Å². The van der Waals surface area contributed by atoms with Gasteiger partial charge in [0.05, 0.1) is 0 Å². The Morgan fingerprint density at radius 3 is 2.50 bits per heavy atom. The molecule has 1 aromatic carbocycles. The average Bonchev–Trinajstić information content (AvgIpc) is 2.41. The van der Waals surface area contributed by atoms with Crippen molar-refractivity contribution < 1.29 is 4.79 Å². The van der Waals surface area contributed by atoms with Crippen LogP contribution in [0.1, 0.15) is 24.1 Å². The van der Waals surface area contributed by atoms with E-state index in [1.807, 2.05) is 36.4 Å². The van der Waals surface area contributed by atoms with Gasteiger partial charge in [-0.15, -0.1) is 0 Å². The first kappa shape index (κ1) is 12.5. The number of benzene rings is 1. The van der Waals surface area contributed by atoms with Crippen molar-refractivity contribution in [3.05, 3.63) is 66.0 Å². The lowest BCUT2D eigenvalue weighted by Crippen LogP contribution is -2.04. The van der Waals surface area contributed by atoms with Crippen molar-refractivity contribution in [3.63, 3.8) is 0 Å². The van der Waals surface area contributed by atoms with E-state index < -0.39 is 0 Å². The summed E-state index contributed by atoms with van der Waals surface area (Å²) in [6, 6.07) is 16.0. The Morgan fingerprint density at radius 2 is 1.78 bits per heavy atom. The molecule has 2 heteroatoms. The molecular weight excluding hydrogens is 222 g/mol. The van der Waals surface area contributed by atoms with Crippen LogP contribution in [0.3, 0.4) is 0 Å². The van der Waals surface area contributed by atoms with E-state index in [0.29, 0.717) is 12.8 Å². The Bertz CT molecular complexity index is 479. The zero-order chi connectivity index (χ0) is 12.6. The molecule has 0 N–H and O–H groups in total. The van der Waals surface area contributed by atoms with E-state index >= 15 is 0 Å². The number of Topliss-reactive ketones (excluding diaryl/α,β-unsaturated/α-hetero) is 1. The van der Waals surface area contributed by atoms with Crippen molar-refractivity contribution in [1.29, 1.82) is 0 Å². The minimum Gasteiger partial charge on any atom is -0.299 e. The number of ketones is 1. The minimum atomic E-state index is 0.268. The highest BCUT2D eigenvalue weighted by Gasteiger charge is 2.04. The van der Waals surface area contributed by atoms with E-state index in [9.17, 15) is 4.79 Å². The van der Waals surface area contributed by atoms with E-state index in [4.69, 9.17) is 0 Å². The summed E-state index contributed by atoms with van der Waals surface area (Å²) in [6.07, 6.45) is 4.69. The first-order valence-corrected chi connectivity index (χ1v) is 6.30. The second kappa shape index (κ2) is 6.70. The molecule has 0 unspecified atom stereocenters. The predicted octanol–water partition coefficient (Wildman–Crippen LogP) is 3.22. The molecule has 18 heavy (non-hydrogen) atoms. The van der Waals surface area contributed by atoms with Gasteiger partial charge in [0.25, 0.3) is 0 Å². The van der Waals surface area contributed by atoms with Gasteiger partial charge in [0.15, 0.2) is 0 Å². The molecule has 2 rings (SSSR count). The lowest BCUT2D eigenvalue weighted by atomic mass is 10.0. The fourth-order valence-electron chi connectivity index (χ4n) is 1.93. The first-order chi connectivity index (χ1) is 8.84. The van der Waals surface area contributed by atoms with E-state index in [2.05, 4.69) is 17.1 Å². The second-order valence-electron chi connectivity index (χ2n) is 4.38. The number of carbonyl (C=O) groups excluding carboxylic acids is 1. The highest BCUT2D eigenvalue weighted by atomic mass is 16.1. The van der Waals surface area contributed by atoms with Gasteiger partial charge in [0.2, 0.25) is 0 Å². The summed E-state index contributed by atoms with van der Waals surface area (Å²) in [5.74, 6) is 0.268. The van der Waals surface area contributed by atoms with Gasteiger partial charge in [-0.1, -0.05) is 36.4 Å². The van der Waals surface area contributed by atoms with E-state index in [0.717, 1.165) is 18.5 Å². The molecule has 1 aromatic heterocycles. The molecule has 1 heterocycles. The highest BCUT2D eigenvalue weighted by molar-refractivity contribution is 5.80. The maximum atomic E-state index is 11.8. The van der Waals surface area contributed by atoms with E-state index in [-0.39, 0.29) is 5.78 Å². The van der Waals surface area contributed by atoms with Crippen molar-refractivity contribution >= 4 is 5.78 Å². The molecule has 2 nitrogen and oxygen atoms in total. The number of rotatable bonds is 6. The molecule has 2 aromatic rings. The molecule has 0 saturated carbocycles. The van der Waals surface area contributed by atoms with Gasteiger partial charge >= 0.3 is 0 Å². The fourth-order valence-corrected chi connectivity index (χ4v) is 1.93. The Kier molecular flexibility index (Phi) is 4.65. The third-order valence-electron chi connectivity index (χ3n) is 2.87. The topological polar surface area (TPSA) is 30.0 Å². The maximum absolute atomic E-state index is 11.8. The molecule has 0 aliphatic carbocycles. The lowest BCUT2D eigenvalue weighted by molar-refractivity contribution is -0.118. The largest absolute Gasteiger partial charge is 0.299 e. The molecule has 0 saturated heterocycles. The van der Waals surface area contributed by atoms with Crippen LogP contribution in [0.25, 0.3) is 0 Å². The average molecular weight is 239 g/mol. The molecule has 0 spiro atoms. The number of aromatic nitrogens is 1. The number of pyridine rings is 1. The lowest BCUT2D eigenvalue weighted by Gasteiger charge is -2.01. The van der Waals surface area contributed by atoms with Crippen LogP contribution in [0.15, 0.2) is 54.7 Å². The number of hydrogen-bond acceptors (Lipinski definition) is 2. The van der Waals surface area contributed by atoms with Crippen LogP contribution in [-0.4, -0.2) is 10.8 Å². The summed E-state index contributed by atoms with van der Waals surface area (Å²) in [6.45, 7) is 0. The van der Waals surface area contributed by atoms with Crippen LogP contribution in [0.2, 0.25) is 0 Å². The van der Waals surface area contributed by atoms with Crippen LogP contribution in [0, 0.1) is 0 Å².